The maximum absolute atomic E-state index is 12.8. The molecule has 9 heteroatoms. The fourth-order valence-electron chi connectivity index (χ4n) is 3.08. The summed E-state index contributed by atoms with van der Waals surface area (Å²) in [6, 6.07) is 0. The van der Waals surface area contributed by atoms with Crippen molar-refractivity contribution in [2.75, 3.05) is 7.05 Å². The van der Waals surface area contributed by atoms with Gasteiger partial charge in [0.2, 0.25) is 11.8 Å². The van der Waals surface area contributed by atoms with Crippen LogP contribution in [0.5, 0.6) is 0 Å². The van der Waals surface area contributed by atoms with Crippen molar-refractivity contribution in [2.24, 2.45) is 23.7 Å². The normalized spacial score (nSPS) is 35.5. The molecule has 1 saturated heterocycles. The van der Waals surface area contributed by atoms with E-state index in [9.17, 15) is 35.9 Å². The van der Waals surface area contributed by atoms with Crippen molar-refractivity contribution in [2.45, 2.75) is 25.2 Å². The summed E-state index contributed by atoms with van der Waals surface area (Å²) in [6.45, 7) is 0. The van der Waals surface area contributed by atoms with Gasteiger partial charge in [0.1, 0.15) is 0 Å². The lowest BCUT2D eigenvalue weighted by Crippen LogP contribution is -2.46. The Hall–Kier alpha value is -1.28. The van der Waals surface area contributed by atoms with Crippen LogP contribution < -0.4 is 0 Å². The van der Waals surface area contributed by atoms with E-state index < -0.39 is 60.7 Å². The average Bonchev–Trinajstić information content (AvgIpc) is 2.51. The molecule has 0 aromatic heterocycles. The number of hydrogen-bond donors (Lipinski definition) is 0. The maximum Gasteiger partial charge on any atom is 0.392 e. The van der Waals surface area contributed by atoms with Crippen molar-refractivity contribution < 1.29 is 35.9 Å². The Bertz CT molecular complexity index is 403. The predicted octanol–water partition coefficient (Wildman–Crippen LogP) is 2.37. The van der Waals surface area contributed by atoms with E-state index in [2.05, 4.69) is 0 Å². The number of fused-ring (bicyclic) bond motifs is 1. The van der Waals surface area contributed by atoms with E-state index in [1.54, 1.807) is 0 Å². The molecule has 20 heavy (non-hydrogen) atoms. The second-order valence-corrected chi connectivity index (χ2v) is 5.22. The summed E-state index contributed by atoms with van der Waals surface area (Å²) in [6.07, 6.45) is -12.0. The molecule has 4 atom stereocenters. The Morgan fingerprint density at radius 3 is 1.40 bits per heavy atom. The zero-order valence-corrected chi connectivity index (χ0v) is 10.3. The van der Waals surface area contributed by atoms with Gasteiger partial charge in [-0.25, -0.2) is 0 Å². The molecule has 1 aliphatic heterocycles. The zero-order chi connectivity index (χ0) is 15.5. The van der Waals surface area contributed by atoms with Crippen molar-refractivity contribution in [1.29, 1.82) is 0 Å². The molecule has 2 unspecified atom stereocenters. The Morgan fingerprint density at radius 2 is 1.15 bits per heavy atom. The molecule has 114 valence electrons. The number of rotatable bonds is 0. The number of hydrogen-bond acceptors (Lipinski definition) is 2. The van der Waals surface area contributed by atoms with Crippen LogP contribution in [0.25, 0.3) is 0 Å². The Balaban J connectivity index is 2.36. The van der Waals surface area contributed by atoms with Gasteiger partial charge in [-0.3, -0.25) is 14.5 Å². The number of carbonyl (C=O) groups is 2. The minimum absolute atomic E-state index is 0.627. The molecule has 1 saturated carbocycles. The van der Waals surface area contributed by atoms with E-state index in [0.717, 1.165) is 7.05 Å². The smallest absolute Gasteiger partial charge is 0.285 e. The van der Waals surface area contributed by atoms with E-state index >= 15 is 0 Å². The van der Waals surface area contributed by atoms with Gasteiger partial charge >= 0.3 is 12.4 Å². The number of halogens is 6. The van der Waals surface area contributed by atoms with Crippen LogP contribution in [0.4, 0.5) is 26.3 Å². The summed E-state index contributed by atoms with van der Waals surface area (Å²) in [5, 5.41) is 0. The number of alkyl halides is 6. The third kappa shape index (κ3) is 2.26. The molecule has 0 radical (unpaired) electrons. The first-order valence-corrected chi connectivity index (χ1v) is 5.89. The standard InChI is InChI=1S/C11H11F6NO2/c1-18-8(19)4-2-6(10(12,13)14)7(11(15,16)17)3-5(4)9(18)20/h4-7H,2-3H2,1H3/t4-,5+,6?,7?. The average molecular weight is 303 g/mol. The third-order valence-corrected chi connectivity index (χ3v) is 4.12. The van der Waals surface area contributed by atoms with Gasteiger partial charge in [0.25, 0.3) is 0 Å². The second-order valence-electron chi connectivity index (χ2n) is 5.22. The Labute approximate surface area is 109 Å². The lowest BCUT2D eigenvalue weighted by molar-refractivity contribution is -0.268. The van der Waals surface area contributed by atoms with Crippen LogP contribution in [-0.2, 0) is 9.59 Å². The van der Waals surface area contributed by atoms with Crippen LogP contribution in [-0.4, -0.2) is 36.1 Å². The van der Waals surface area contributed by atoms with Gasteiger partial charge in [-0.05, 0) is 12.8 Å². The molecule has 1 aliphatic carbocycles. The van der Waals surface area contributed by atoms with E-state index in [0.29, 0.717) is 4.90 Å². The first kappa shape index (κ1) is 15.1. The third-order valence-electron chi connectivity index (χ3n) is 4.12. The van der Waals surface area contributed by atoms with E-state index in [1.807, 2.05) is 0 Å². The van der Waals surface area contributed by atoms with Crippen molar-refractivity contribution in [3.63, 3.8) is 0 Å². The quantitative estimate of drug-likeness (QED) is 0.509. The fraction of sp³-hybridized carbons (Fsp3) is 0.818. The van der Waals surface area contributed by atoms with Crippen molar-refractivity contribution in [3.8, 4) is 0 Å². The van der Waals surface area contributed by atoms with Gasteiger partial charge in [0.05, 0.1) is 23.7 Å². The molecule has 0 N–H and O–H groups in total. The molecule has 2 rings (SSSR count). The fourth-order valence-corrected chi connectivity index (χ4v) is 3.08. The zero-order valence-electron chi connectivity index (χ0n) is 10.3. The molecule has 0 aromatic carbocycles. The lowest BCUT2D eigenvalue weighted by atomic mass is 9.68. The first-order valence-electron chi connectivity index (χ1n) is 5.89. The molecule has 1 heterocycles. The largest absolute Gasteiger partial charge is 0.392 e. The number of nitrogens with zero attached hydrogens (tertiary/aromatic N) is 1. The van der Waals surface area contributed by atoms with Gasteiger partial charge in [0.15, 0.2) is 0 Å². The predicted molar refractivity (Wildman–Crippen MR) is 53.1 cm³/mol. The maximum atomic E-state index is 12.8. The van der Waals surface area contributed by atoms with Gasteiger partial charge in [0, 0.05) is 7.05 Å². The number of carbonyl (C=O) groups excluding carboxylic acids is 2. The van der Waals surface area contributed by atoms with E-state index in [1.165, 1.54) is 0 Å². The molecular weight excluding hydrogens is 292 g/mol. The van der Waals surface area contributed by atoms with Crippen molar-refractivity contribution >= 4 is 11.8 Å². The molecule has 0 aromatic rings. The van der Waals surface area contributed by atoms with Gasteiger partial charge in [-0.2, -0.15) is 26.3 Å². The van der Waals surface area contributed by atoms with Crippen LogP contribution in [0.1, 0.15) is 12.8 Å². The summed E-state index contributed by atoms with van der Waals surface area (Å²) in [5.74, 6) is -9.50. The molecule has 2 amide bonds. The van der Waals surface area contributed by atoms with Gasteiger partial charge in [-0.1, -0.05) is 0 Å². The number of amides is 2. The highest BCUT2D eigenvalue weighted by Gasteiger charge is 2.63. The SMILES string of the molecule is CN1C(=O)[C@H]2CC(C(F)(F)F)C(C(F)(F)F)C[C@H]2C1=O. The van der Waals surface area contributed by atoms with Crippen LogP contribution in [0.2, 0.25) is 0 Å². The summed E-state index contributed by atoms with van der Waals surface area (Å²) in [4.78, 5) is 23.9. The summed E-state index contributed by atoms with van der Waals surface area (Å²) in [7, 11) is 1.08. The van der Waals surface area contributed by atoms with Crippen molar-refractivity contribution in [3.05, 3.63) is 0 Å². The minimum Gasteiger partial charge on any atom is -0.285 e. The highest BCUT2D eigenvalue weighted by molar-refractivity contribution is 6.04. The molecular formula is C11H11F6NO2. The Kier molecular flexibility index (Phi) is 3.29. The number of likely N-dealkylation sites (tertiary alicyclic amines) is 1. The second kappa shape index (κ2) is 4.36. The highest BCUT2D eigenvalue weighted by Crippen LogP contribution is 2.53. The highest BCUT2D eigenvalue weighted by atomic mass is 19.4. The molecule has 3 nitrogen and oxygen atoms in total. The van der Waals surface area contributed by atoms with Crippen LogP contribution in [0.15, 0.2) is 0 Å². The Morgan fingerprint density at radius 1 is 0.850 bits per heavy atom. The molecule has 0 spiro atoms. The summed E-state index contributed by atoms with van der Waals surface area (Å²) >= 11 is 0. The molecule has 2 fully saturated rings. The topological polar surface area (TPSA) is 37.4 Å². The van der Waals surface area contributed by atoms with Crippen LogP contribution in [0.3, 0.4) is 0 Å². The number of imide groups is 1. The van der Waals surface area contributed by atoms with Crippen molar-refractivity contribution in [1.82, 2.24) is 4.90 Å². The monoisotopic (exact) mass is 303 g/mol. The van der Waals surface area contributed by atoms with E-state index in [-0.39, 0.29) is 0 Å². The first-order chi connectivity index (χ1) is 8.94. The molecule has 0 bridgehead atoms. The van der Waals surface area contributed by atoms with Gasteiger partial charge in [-0.15, -0.1) is 0 Å². The molecule has 2 aliphatic rings. The minimum atomic E-state index is -5.05. The lowest BCUT2D eigenvalue weighted by Gasteiger charge is -2.38. The summed E-state index contributed by atoms with van der Waals surface area (Å²) in [5.41, 5.74) is 0. The van der Waals surface area contributed by atoms with E-state index in [4.69, 9.17) is 0 Å². The van der Waals surface area contributed by atoms with Crippen LogP contribution in [0, 0.1) is 23.7 Å². The summed E-state index contributed by atoms with van der Waals surface area (Å²) < 4.78 is 76.7. The van der Waals surface area contributed by atoms with Crippen LogP contribution >= 0.6 is 0 Å². The van der Waals surface area contributed by atoms with Gasteiger partial charge < -0.3 is 0 Å².